The first-order valence-corrected chi connectivity index (χ1v) is 9.86. The van der Waals surface area contributed by atoms with Crippen molar-refractivity contribution >= 4 is 44.6 Å². The molecule has 0 fully saturated rings. The minimum absolute atomic E-state index is 0.122. The Morgan fingerprint density at radius 1 is 1.15 bits per heavy atom. The molecule has 0 spiro atoms. The molecule has 0 unspecified atom stereocenters. The van der Waals surface area contributed by atoms with E-state index in [1.54, 1.807) is 0 Å². The van der Waals surface area contributed by atoms with Gasteiger partial charge in [0.1, 0.15) is 0 Å². The number of anilines is 1. The van der Waals surface area contributed by atoms with Crippen LogP contribution < -0.4 is 5.32 Å². The van der Waals surface area contributed by atoms with Gasteiger partial charge in [-0.05, 0) is 48.4 Å². The van der Waals surface area contributed by atoms with Gasteiger partial charge in [0.15, 0.2) is 9.84 Å². The number of nitrogens with one attached hydrogen (secondary N) is 1. The number of nitrogens with zero attached hydrogens (tertiary/aromatic N) is 1. The van der Waals surface area contributed by atoms with E-state index in [1.165, 1.54) is 0 Å². The number of halogens is 2. The predicted octanol–water partition coefficient (Wildman–Crippen LogP) is 4.71. The fourth-order valence-corrected chi connectivity index (χ4v) is 3.22. The van der Waals surface area contributed by atoms with Crippen LogP contribution in [-0.2, 0) is 9.84 Å². The molecule has 138 valence electrons. The first kappa shape index (κ1) is 12.1. The van der Waals surface area contributed by atoms with E-state index in [-0.39, 0.29) is 21.0 Å². The van der Waals surface area contributed by atoms with Crippen LogP contribution in [0.1, 0.15) is 20.0 Å². The lowest BCUT2D eigenvalue weighted by Gasteiger charge is -2.10. The molecule has 2 aromatic carbocycles. The highest BCUT2D eigenvalue weighted by Crippen LogP contribution is 2.30. The van der Waals surface area contributed by atoms with Crippen LogP contribution in [0.2, 0.25) is 10.0 Å². The van der Waals surface area contributed by atoms with Gasteiger partial charge < -0.3 is 5.32 Å². The van der Waals surface area contributed by atoms with Crippen molar-refractivity contribution in [2.24, 2.45) is 0 Å². The lowest BCUT2D eigenvalue weighted by Crippen LogP contribution is -2.13. The number of rotatable bonds is 4. The van der Waals surface area contributed by atoms with Crippen LogP contribution in [0, 0.1) is 0 Å². The van der Waals surface area contributed by atoms with Crippen molar-refractivity contribution in [2.75, 3.05) is 11.6 Å². The molecule has 0 bridgehead atoms. The maximum absolute atomic E-state index is 12.8. The molecule has 0 saturated carbocycles. The molecular weight excluding hydrogens is 407 g/mol. The third-order valence-corrected chi connectivity index (χ3v) is 5.03. The second-order valence-corrected chi connectivity index (χ2v) is 8.06. The number of carbonyl (C=O) groups is 1. The number of pyridine rings is 1. The van der Waals surface area contributed by atoms with Crippen LogP contribution in [0.4, 0.5) is 5.69 Å². The van der Waals surface area contributed by atoms with Gasteiger partial charge in [0.2, 0.25) is 0 Å². The Morgan fingerprint density at radius 3 is 2.63 bits per heavy atom. The Morgan fingerprint density at radius 2 is 1.93 bits per heavy atom. The van der Waals surface area contributed by atoms with E-state index in [0.29, 0.717) is 0 Å². The van der Waals surface area contributed by atoms with Crippen LogP contribution >= 0.6 is 23.2 Å². The summed E-state index contributed by atoms with van der Waals surface area (Å²) in [6.45, 7) is 0. The van der Waals surface area contributed by atoms with E-state index in [9.17, 15) is 13.2 Å². The quantitative estimate of drug-likeness (QED) is 0.653. The standard InChI is InChI=1S/C19H14Cl2N2O3S/c1-27(25,26)13-6-7-14(17(21)11-13)19(24)23-12-5-8-16(20)15(10-12)18-4-2-3-9-22-18/h2-11H,1H3,(H,23,24)/i2D,3D,4D,5D,8D,9D,10D. The van der Waals surface area contributed by atoms with E-state index in [0.717, 1.165) is 24.5 Å². The SMILES string of the molecule is [2H]c1nc(-c2c([2H])c(NC(=O)c3ccc(S(C)(=O)=O)cc3Cl)c([2H])c([2H])c2Cl)c([2H])c([2H])c1[2H]. The number of sulfone groups is 1. The summed E-state index contributed by atoms with van der Waals surface area (Å²) >= 11 is 12.2. The van der Waals surface area contributed by atoms with Crippen molar-refractivity contribution in [3.63, 3.8) is 0 Å². The summed E-state index contributed by atoms with van der Waals surface area (Å²) in [7, 11) is -3.59. The van der Waals surface area contributed by atoms with Crippen molar-refractivity contribution < 1.29 is 22.8 Å². The highest BCUT2D eigenvalue weighted by atomic mass is 35.5. The Kier molecular flexibility index (Phi) is 3.45. The van der Waals surface area contributed by atoms with Gasteiger partial charge in [-0.25, -0.2) is 8.42 Å². The molecule has 27 heavy (non-hydrogen) atoms. The van der Waals surface area contributed by atoms with E-state index in [4.69, 9.17) is 32.8 Å². The number of amides is 1. The molecule has 1 amide bonds. The molecule has 8 heteroatoms. The Labute approximate surface area is 176 Å². The van der Waals surface area contributed by atoms with Crippen molar-refractivity contribution in [3.8, 4) is 11.3 Å². The molecule has 0 aliphatic rings. The van der Waals surface area contributed by atoms with Crippen LogP contribution in [0.3, 0.4) is 0 Å². The average molecular weight is 428 g/mol. The maximum atomic E-state index is 12.8. The molecule has 3 aromatic rings. The van der Waals surface area contributed by atoms with Crippen molar-refractivity contribution in [2.45, 2.75) is 4.90 Å². The van der Waals surface area contributed by atoms with Gasteiger partial charge in [0.05, 0.1) is 35.8 Å². The van der Waals surface area contributed by atoms with Crippen molar-refractivity contribution in [1.82, 2.24) is 4.98 Å². The van der Waals surface area contributed by atoms with Gasteiger partial charge >= 0.3 is 0 Å². The predicted molar refractivity (Wildman–Crippen MR) is 107 cm³/mol. The maximum Gasteiger partial charge on any atom is 0.257 e. The van der Waals surface area contributed by atoms with Gasteiger partial charge in [0, 0.05) is 23.7 Å². The second-order valence-electron chi connectivity index (χ2n) is 5.25. The Bertz CT molecular complexity index is 1480. The molecule has 0 radical (unpaired) electrons. The van der Waals surface area contributed by atoms with Gasteiger partial charge in [-0.1, -0.05) is 29.2 Å². The summed E-state index contributed by atoms with van der Waals surface area (Å²) in [6.07, 6.45) is 0.311. The van der Waals surface area contributed by atoms with E-state index < -0.39 is 74.6 Å². The monoisotopic (exact) mass is 427 g/mol. The number of hydrogen-bond donors (Lipinski definition) is 1. The Balaban J connectivity index is 2.17. The number of benzene rings is 2. The summed E-state index contributed by atoms with van der Waals surface area (Å²) in [5, 5.41) is 1.62. The third kappa shape index (κ3) is 4.47. The zero-order valence-corrected chi connectivity index (χ0v) is 15.9. The van der Waals surface area contributed by atoms with Gasteiger partial charge in [-0.2, -0.15) is 0 Å². The molecule has 1 N–H and O–H groups in total. The van der Waals surface area contributed by atoms with Crippen molar-refractivity contribution in [1.29, 1.82) is 0 Å². The van der Waals surface area contributed by atoms with Gasteiger partial charge in [-0.15, -0.1) is 0 Å². The first-order valence-electron chi connectivity index (χ1n) is 10.7. The highest BCUT2D eigenvalue weighted by molar-refractivity contribution is 7.90. The lowest BCUT2D eigenvalue weighted by atomic mass is 10.1. The van der Waals surface area contributed by atoms with Crippen LogP contribution in [-0.4, -0.2) is 25.6 Å². The smallest absolute Gasteiger partial charge is 0.257 e. The fraction of sp³-hybridized carbons (Fsp3) is 0.0526. The fourth-order valence-electron chi connectivity index (χ4n) is 2.06. The molecule has 0 aliphatic heterocycles. The lowest BCUT2D eigenvalue weighted by molar-refractivity contribution is 0.102. The van der Waals surface area contributed by atoms with E-state index in [1.807, 2.05) is 0 Å². The average Bonchev–Trinajstić information content (AvgIpc) is 2.76. The Hall–Kier alpha value is -2.41. The molecule has 3 rings (SSSR count). The van der Waals surface area contributed by atoms with Gasteiger partial charge in [0.25, 0.3) is 5.91 Å². The largest absolute Gasteiger partial charge is 0.322 e. The zero-order valence-electron chi connectivity index (χ0n) is 20.6. The first-order chi connectivity index (χ1) is 15.7. The topological polar surface area (TPSA) is 76.1 Å². The molecule has 5 nitrogen and oxygen atoms in total. The van der Waals surface area contributed by atoms with E-state index >= 15 is 0 Å². The molecule has 0 atom stereocenters. The minimum Gasteiger partial charge on any atom is -0.322 e. The molecule has 1 aromatic heterocycles. The summed E-state index contributed by atoms with van der Waals surface area (Å²) < 4.78 is 79.3. The minimum atomic E-state index is -3.59. The summed E-state index contributed by atoms with van der Waals surface area (Å²) in [4.78, 5) is 16.5. The van der Waals surface area contributed by atoms with Crippen LogP contribution in [0.25, 0.3) is 11.3 Å². The van der Waals surface area contributed by atoms with Crippen LogP contribution in [0.5, 0.6) is 0 Å². The van der Waals surface area contributed by atoms with Crippen LogP contribution in [0.15, 0.2) is 65.5 Å². The second kappa shape index (κ2) is 7.68. The van der Waals surface area contributed by atoms with Gasteiger partial charge in [-0.3, -0.25) is 9.78 Å². The zero-order chi connectivity index (χ0) is 25.7. The van der Waals surface area contributed by atoms with Crippen molar-refractivity contribution in [3.05, 3.63) is 76.2 Å². The summed E-state index contributed by atoms with van der Waals surface area (Å²) in [5.74, 6) is -0.914. The molecule has 0 saturated heterocycles. The molecule has 0 aliphatic carbocycles. The highest BCUT2D eigenvalue weighted by Gasteiger charge is 2.15. The number of carbonyl (C=O) groups excluding carboxylic acids is 1. The molecular formula is C19H14Cl2N2O3S. The summed E-state index contributed by atoms with van der Waals surface area (Å²) in [5.41, 5.74) is -1.45. The molecule has 1 heterocycles. The summed E-state index contributed by atoms with van der Waals surface area (Å²) in [6, 6.07) is -0.349. The number of hydrogen-bond acceptors (Lipinski definition) is 4. The normalized spacial score (nSPS) is 14.9. The third-order valence-electron chi connectivity index (χ3n) is 3.32. The van der Waals surface area contributed by atoms with E-state index in [2.05, 4.69) is 10.3 Å². The number of aromatic nitrogens is 1.